The topological polar surface area (TPSA) is 42.0 Å². The van der Waals surface area contributed by atoms with E-state index in [1.807, 2.05) is 0 Å². The molecule has 1 aromatic rings. The minimum Gasteiger partial charge on any atom is -0.308 e. The molecule has 1 aromatic heterocycles. The van der Waals surface area contributed by atoms with Crippen molar-refractivity contribution < 1.29 is 4.21 Å². The maximum Gasteiger partial charge on any atom is 0.0926 e. The van der Waals surface area contributed by atoms with E-state index in [2.05, 4.69) is 29.5 Å². The maximum atomic E-state index is 11.0. The molecule has 15 heavy (non-hydrogen) atoms. The van der Waals surface area contributed by atoms with Gasteiger partial charge in [-0.2, -0.15) is 0 Å². The molecule has 0 aromatic carbocycles. The number of thiazole rings is 1. The molecule has 0 fully saturated rings. The molecule has 2 atom stereocenters. The van der Waals surface area contributed by atoms with Crippen LogP contribution < -0.4 is 5.32 Å². The number of hydrogen-bond donors (Lipinski definition) is 1. The third-order valence-electron chi connectivity index (χ3n) is 2.02. The van der Waals surface area contributed by atoms with Gasteiger partial charge in [-0.3, -0.25) is 4.21 Å². The van der Waals surface area contributed by atoms with Crippen LogP contribution in [0.1, 0.15) is 24.5 Å². The van der Waals surface area contributed by atoms with Gasteiger partial charge in [0, 0.05) is 40.8 Å². The van der Waals surface area contributed by atoms with Crippen LogP contribution in [-0.4, -0.2) is 27.2 Å². The average Bonchev–Trinajstić information content (AvgIpc) is 2.61. The molecular weight excluding hydrogens is 228 g/mol. The minimum atomic E-state index is -0.730. The van der Waals surface area contributed by atoms with Crippen LogP contribution >= 0.6 is 11.3 Å². The lowest BCUT2D eigenvalue weighted by Crippen LogP contribution is -2.30. The van der Waals surface area contributed by atoms with Crippen LogP contribution in [0.4, 0.5) is 0 Å². The van der Waals surface area contributed by atoms with Gasteiger partial charge < -0.3 is 5.32 Å². The summed E-state index contributed by atoms with van der Waals surface area (Å²) in [6, 6.07) is 0.280. The molecule has 0 aliphatic carbocycles. The predicted molar refractivity (Wildman–Crippen MR) is 66.7 cm³/mol. The summed E-state index contributed by atoms with van der Waals surface area (Å²) in [6.45, 7) is 4.93. The summed E-state index contributed by atoms with van der Waals surface area (Å²) < 4.78 is 11.0. The van der Waals surface area contributed by atoms with E-state index in [1.165, 1.54) is 5.01 Å². The van der Waals surface area contributed by atoms with Crippen LogP contribution in [0, 0.1) is 0 Å². The van der Waals surface area contributed by atoms with Gasteiger partial charge in [-0.25, -0.2) is 4.98 Å². The van der Waals surface area contributed by atoms with E-state index in [4.69, 9.17) is 0 Å². The molecule has 0 aliphatic rings. The Morgan fingerprint density at radius 1 is 1.67 bits per heavy atom. The Hall–Kier alpha value is -0.260. The van der Waals surface area contributed by atoms with Crippen LogP contribution in [0.2, 0.25) is 0 Å². The van der Waals surface area contributed by atoms with Gasteiger partial charge in [-0.15, -0.1) is 11.3 Å². The Bertz CT molecular complexity index is 325. The lowest BCUT2D eigenvalue weighted by molar-refractivity contribution is 0.581. The number of aryl methyl sites for hydroxylation is 1. The smallest absolute Gasteiger partial charge is 0.0926 e. The van der Waals surface area contributed by atoms with Gasteiger partial charge in [0.2, 0.25) is 0 Å². The highest BCUT2D eigenvalue weighted by atomic mass is 32.2. The van der Waals surface area contributed by atoms with Crippen molar-refractivity contribution in [3.05, 3.63) is 16.1 Å². The second kappa shape index (κ2) is 6.35. The van der Waals surface area contributed by atoms with Gasteiger partial charge in [-0.1, -0.05) is 6.92 Å². The first-order chi connectivity index (χ1) is 7.11. The third-order valence-corrected chi connectivity index (χ3v) is 4.03. The molecule has 1 rings (SSSR count). The lowest BCUT2D eigenvalue weighted by Gasteiger charge is -2.10. The van der Waals surface area contributed by atoms with Crippen LogP contribution in [0.3, 0.4) is 0 Å². The lowest BCUT2D eigenvalue weighted by atomic mass is 10.3. The second-order valence-corrected chi connectivity index (χ2v) is 6.03. The number of hydrogen-bond acceptors (Lipinski definition) is 4. The highest BCUT2D eigenvalue weighted by Crippen LogP contribution is 2.09. The fraction of sp³-hybridized carbons (Fsp3) is 0.700. The first kappa shape index (κ1) is 12.8. The van der Waals surface area contributed by atoms with Crippen molar-refractivity contribution >= 4 is 22.1 Å². The van der Waals surface area contributed by atoms with Crippen molar-refractivity contribution in [1.82, 2.24) is 10.3 Å². The summed E-state index contributed by atoms with van der Waals surface area (Å²) in [4.78, 5) is 4.46. The molecule has 1 N–H and O–H groups in total. The molecule has 3 nitrogen and oxygen atoms in total. The predicted octanol–water partition coefficient (Wildman–Crippen LogP) is 1.56. The molecule has 0 aliphatic heterocycles. The first-order valence-electron chi connectivity index (χ1n) is 5.08. The Kier molecular flexibility index (Phi) is 5.42. The number of aromatic nitrogens is 1. The largest absolute Gasteiger partial charge is 0.308 e. The van der Waals surface area contributed by atoms with E-state index in [0.29, 0.717) is 5.75 Å². The van der Waals surface area contributed by atoms with E-state index in [0.717, 1.165) is 18.7 Å². The van der Waals surface area contributed by atoms with E-state index >= 15 is 0 Å². The summed E-state index contributed by atoms with van der Waals surface area (Å²) in [6.07, 6.45) is 2.73. The van der Waals surface area contributed by atoms with E-state index in [1.54, 1.807) is 17.6 Å². The van der Waals surface area contributed by atoms with Gasteiger partial charge in [0.25, 0.3) is 0 Å². The van der Waals surface area contributed by atoms with Gasteiger partial charge >= 0.3 is 0 Å². The Balaban J connectivity index is 2.33. The first-order valence-corrected chi connectivity index (χ1v) is 7.69. The van der Waals surface area contributed by atoms with Crippen molar-refractivity contribution in [3.8, 4) is 0 Å². The van der Waals surface area contributed by atoms with Crippen LogP contribution in [0.25, 0.3) is 0 Å². The number of nitrogens with zero attached hydrogens (tertiary/aromatic N) is 1. The molecule has 0 amide bonds. The van der Waals surface area contributed by atoms with Crippen LogP contribution in [0.5, 0.6) is 0 Å². The SMILES string of the molecule is CCc1nc(CNC(C)CS(C)=O)cs1. The highest BCUT2D eigenvalue weighted by molar-refractivity contribution is 7.84. The van der Waals surface area contributed by atoms with Crippen molar-refractivity contribution in [2.45, 2.75) is 32.9 Å². The van der Waals surface area contributed by atoms with Crippen LogP contribution in [-0.2, 0) is 23.8 Å². The van der Waals surface area contributed by atoms with Gasteiger partial charge in [0.15, 0.2) is 0 Å². The van der Waals surface area contributed by atoms with Crippen molar-refractivity contribution in [3.63, 3.8) is 0 Å². The summed E-state index contributed by atoms with van der Waals surface area (Å²) in [5.74, 6) is 0.699. The van der Waals surface area contributed by atoms with Crippen molar-refractivity contribution in [2.24, 2.45) is 0 Å². The molecule has 1 heterocycles. The summed E-state index contributed by atoms with van der Waals surface area (Å²) >= 11 is 1.70. The fourth-order valence-electron chi connectivity index (χ4n) is 1.28. The molecule has 0 radical (unpaired) electrons. The molecule has 0 spiro atoms. The molecule has 0 bridgehead atoms. The summed E-state index contributed by atoms with van der Waals surface area (Å²) in [5.41, 5.74) is 1.09. The van der Waals surface area contributed by atoms with Crippen molar-refractivity contribution in [1.29, 1.82) is 0 Å². The monoisotopic (exact) mass is 246 g/mol. The number of rotatable bonds is 6. The molecule has 0 saturated carbocycles. The summed E-state index contributed by atoms with van der Waals surface area (Å²) in [7, 11) is -0.730. The van der Waals surface area contributed by atoms with Gasteiger partial charge in [-0.05, 0) is 13.3 Å². The zero-order valence-corrected chi connectivity index (χ0v) is 11.1. The molecule has 86 valence electrons. The third kappa shape index (κ3) is 4.86. The van der Waals surface area contributed by atoms with Gasteiger partial charge in [0.1, 0.15) is 0 Å². The molecule has 5 heteroatoms. The van der Waals surface area contributed by atoms with E-state index < -0.39 is 10.8 Å². The second-order valence-electron chi connectivity index (χ2n) is 3.61. The molecule has 2 unspecified atom stereocenters. The Morgan fingerprint density at radius 2 is 2.40 bits per heavy atom. The zero-order valence-electron chi connectivity index (χ0n) is 9.45. The average molecular weight is 246 g/mol. The quantitative estimate of drug-likeness (QED) is 0.828. The zero-order chi connectivity index (χ0) is 11.3. The van der Waals surface area contributed by atoms with E-state index in [9.17, 15) is 4.21 Å². The van der Waals surface area contributed by atoms with E-state index in [-0.39, 0.29) is 6.04 Å². The Morgan fingerprint density at radius 3 is 2.93 bits per heavy atom. The summed E-state index contributed by atoms with van der Waals surface area (Å²) in [5, 5.41) is 6.58. The molecular formula is C10H18N2OS2. The highest BCUT2D eigenvalue weighted by Gasteiger charge is 2.05. The maximum absolute atomic E-state index is 11.0. The van der Waals surface area contributed by atoms with Gasteiger partial charge in [0.05, 0.1) is 10.7 Å². The number of nitrogens with one attached hydrogen (secondary N) is 1. The normalized spacial score (nSPS) is 15.1. The van der Waals surface area contributed by atoms with Crippen molar-refractivity contribution in [2.75, 3.05) is 12.0 Å². The minimum absolute atomic E-state index is 0.280. The van der Waals surface area contributed by atoms with Crippen LogP contribution in [0.15, 0.2) is 5.38 Å². The standard InChI is InChI=1S/C10H18N2OS2/c1-4-10-12-9(6-14-10)5-11-8(2)7-15(3)13/h6,8,11H,4-5,7H2,1-3H3. The molecule has 0 saturated heterocycles. The fourth-order valence-corrected chi connectivity index (χ4v) is 2.85. The Labute approximate surface area is 97.8 Å².